The number of nitrogens with zero attached hydrogens (tertiary/aromatic N) is 2. The van der Waals surface area contributed by atoms with Crippen molar-refractivity contribution in [1.29, 1.82) is 0 Å². The minimum atomic E-state index is -0.474. The van der Waals surface area contributed by atoms with Crippen LogP contribution in [0.1, 0.15) is 17.3 Å². The van der Waals surface area contributed by atoms with Gasteiger partial charge in [-0.15, -0.1) is 0 Å². The Bertz CT molecular complexity index is 655. The molecular formula is C14H12N2O4. The number of benzene rings is 1. The first kappa shape index (κ1) is 13.7. The normalized spacial score (nSPS) is 10.1. The molecule has 102 valence electrons. The predicted molar refractivity (Wildman–Crippen MR) is 72.3 cm³/mol. The van der Waals surface area contributed by atoms with Gasteiger partial charge in [0.15, 0.2) is 0 Å². The SMILES string of the molecule is CCOC(=O)c1ccnc(-c2cccc([N+](=O)[O-])c2)c1. The van der Waals surface area contributed by atoms with Crippen molar-refractivity contribution in [3.63, 3.8) is 0 Å². The Morgan fingerprint density at radius 3 is 2.85 bits per heavy atom. The second kappa shape index (κ2) is 5.92. The van der Waals surface area contributed by atoms with Crippen molar-refractivity contribution in [2.24, 2.45) is 0 Å². The average molecular weight is 272 g/mol. The average Bonchev–Trinajstić information content (AvgIpc) is 2.48. The molecule has 6 heteroatoms. The highest BCUT2D eigenvalue weighted by atomic mass is 16.6. The van der Waals surface area contributed by atoms with E-state index in [0.29, 0.717) is 16.8 Å². The second-order valence-corrected chi connectivity index (χ2v) is 3.96. The molecule has 0 radical (unpaired) electrons. The van der Waals surface area contributed by atoms with Gasteiger partial charge >= 0.3 is 5.97 Å². The van der Waals surface area contributed by atoms with Crippen molar-refractivity contribution in [3.05, 3.63) is 58.3 Å². The van der Waals surface area contributed by atoms with Crippen LogP contribution in [-0.2, 0) is 4.74 Å². The number of carbonyl (C=O) groups is 1. The summed E-state index contributed by atoms with van der Waals surface area (Å²) < 4.78 is 4.91. The predicted octanol–water partition coefficient (Wildman–Crippen LogP) is 2.83. The smallest absolute Gasteiger partial charge is 0.338 e. The number of hydrogen-bond donors (Lipinski definition) is 0. The van der Waals surface area contributed by atoms with Gasteiger partial charge in [-0.1, -0.05) is 12.1 Å². The Labute approximate surface area is 115 Å². The zero-order valence-corrected chi connectivity index (χ0v) is 10.8. The summed E-state index contributed by atoms with van der Waals surface area (Å²) in [6, 6.07) is 9.18. The van der Waals surface area contributed by atoms with E-state index >= 15 is 0 Å². The second-order valence-electron chi connectivity index (χ2n) is 3.96. The molecule has 1 aromatic heterocycles. The third-order valence-electron chi connectivity index (χ3n) is 2.62. The Hall–Kier alpha value is -2.76. The monoisotopic (exact) mass is 272 g/mol. The van der Waals surface area contributed by atoms with E-state index in [9.17, 15) is 14.9 Å². The molecule has 0 N–H and O–H groups in total. The summed E-state index contributed by atoms with van der Waals surface area (Å²) in [4.78, 5) is 26.0. The molecule has 0 atom stereocenters. The highest BCUT2D eigenvalue weighted by molar-refractivity contribution is 5.90. The number of aromatic nitrogens is 1. The van der Waals surface area contributed by atoms with Crippen molar-refractivity contribution in [2.75, 3.05) is 6.61 Å². The molecule has 0 saturated carbocycles. The molecule has 6 nitrogen and oxygen atoms in total. The van der Waals surface area contributed by atoms with E-state index in [1.807, 2.05) is 0 Å². The van der Waals surface area contributed by atoms with E-state index in [2.05, 4.69) is 4.98 Å². The minimum Gasteiger partial charge on any atom is -0.462 e. The van der Waals surface area contributed by atoms with Crippen molar-refractivity contribution in [1.82, 2.24) is 4.98 Å². The van der Waals surface area contributed by atoms with Crippen LogP contribution in [0.4, 0.5) is 5.69 Å². The summed E-state index contributed by atoms with van der Waals surface area (Å²) in [5.74, 6) is -0.443. The first-order valence-electron chi connectivity index (χ1n) is 6.00. The van der Waals surface area contributed by atoms with E-state index in [0.717, 1.165) is 0 Å². The van der Waals surface area contributed by atoms with Gasteiger partial charge in [0, 0.05) is 23.9 Å². The van der Waals surface area contributed by atoms with Gasteiger partial charge in [0.1, 0.15) is 0 Å². The third-order valence-corrected chi connectivity index (χ3v) is 2.62. The van der Waals surface area contributed by atoms with Crippen LogP contribution < -0.4 is 0 Å². The van der Waals surface area contributed by atoms with Gasteiger partial charge < -0.3 is 4.74 Å². The number of pyridine rings is 1. The summed E-state index contributed by atoms with van der Waals surface area (Å²) in [5, 5.41) is 10.8. The highest BCUT2D eigenvalue weighted by Crippen LogP contribution is 2.22. The summed E-state index contributed by atoms with van der Waals surface area (Å²) in [6.45, 7) is 2.01. The van der Waals surface area contributed by atoms with Crippen molar-refractivity contribution >= 4 is 11.7 Å². The number of non-ortho nitro benzene ring substituents is 1. The molecular weight excluding hydrogens is 260 g/mol. The van der Waals surface area contributed by atoms with Crippen LogP contribution in [0.2, 0.25) is 0 Å². The lowest BCUT2D eigenvalue weighted by Crippen LogP contribution is -2.05. The molecule has 0 spiro atoms. The van der Waals surface area contributed by atoms with Gasteiger partial charge in [-0.2, -0.15) is 0 Å². The van der Waals surface area contributed by atoms with Crippen LogP contribution in [-0.4, -0.2) is 22.5 Å². The van der Waals surface area contributed by atoms with Crippen LogP contribution >= 0.6 is 0 Å². The zero-order valence-electron chi connectivity index (χ0n) is 10.8. The molecule has 20 heavy (non-hydrogen) atoms. The Morgan fingerprint density at radius 1 is 1.35 bits per heavy atom. The fourth-order valence-electron chi connectivity index (χ4n) is 1.71. The topological polar surface area (TPSA) is 82.3 Å². The maximum absolute atomic E-state index is 11.6. The highest BCUT2D eigenvalue weighted by Gasteiger charge is 2.11. The maximum atomic E-state index is 11.6. The molecule has 0 saturated heterocycles. The van der Waals surface area contributed by atoms with Gasteiger partial charge in [0.05, 0.1) is 22.8 Å². The van der Waals surface area contributed by atoms with E-state index in [1.165, 1.54) is 18.3 Å². The van der Waals surface area contributed by atoms with Crippen molar-refractivity contribution in [3.8, 4) is 11.3 Å². The van der Waals surface area contributed by atoms with Crippen LogP contribution in [0.25, 0.3) is 11.3 Å². The summed E-state index contributed by atoms with van der Waals surface area (Å²) >= 11 is 0. The maximum Gasteiger partial charge on any atom is 0.338 e. The fraction of sp³-hybridized carbons (Fsp3) is 0.143. The van der Waals surface area contributed by atoms with Crippen LogP contribution in [0.5, 0.6) is 0 Å². The number of ether oxygens (including phenoxy) is 1. The van der Waals surface area contributed by atoms with Gasteiger partial charge in [-0.05, 0) is 19.1 Å². The molecule has 2 aromatic rings. The van der Waals surface area contributed by atoms with Gasteiger partial charge in [-0.25, -0.2) is 4.79 Å². The molecule has 2 rings (SSSR count). The molecule has 0 fully saturated rings. The molecule has 0 aliphatic rings. The van der Waals surface area contributed by atoms with Crippen LogP contribution in [0.3, 0.4) is 0 Å². The van der Waals surface area contributed by atoms with E-state index in [1.54, 1.807) is 31.2 Å². The van der Waals surface area contributed by atoms with E-state index < -0.39 is 10.9 Å². The standard InChI is InChI=1S/C14H12N2O4/c1-2-20-14(17)11-6-7-15-13(9-11)10-4-3-5-12(8-10)16(18)19/h3-9H,2H2,1H3. The van der Waals surface area contributed by atoms with E-state index in [4.69, 9.17) is 4.74 Å². The summed E-state index contributed by atoms with van der Waals surface area (Å²) in [7, 11) is 0. The molecule has 0 unspecified atom stereocenters. The van der Waals surface area contributed by atoms with Crippen LogP contribution in [0.15, 0.2) is 42.6 Å². The number of nitro benzene ring substituents is 1. The Morgan fingerprint density at radius 2 is 2.15 bits per heavy atom. The van der Waals surface area contributed by atoms with Gasteiger partial charge in [-0.3, -0.25) is 15.1 Å². The lowest BCUT2D eigenvalue weighted by molar-refractivity contribution is -0.384. The lowest BCUT2D eigenvalue weighted by atomic mass is 10.1. The Balaban J connectivity index is 2.38. The van der Waals surface area contributed by atoms with Gasteiger partial charge in [0.2, 0.25) is 0 Å². The summed E-state index contributed by atoms with van der Waals surface area (Å²) in [6.07, 6.45) is 1.47. The molecule has 0 aliphatic carbocycles. The number of rotatable bonds is 4. The number of hydrogen-bond acceptors (Lipinski definition) is 5. The minimum absolute atomic E-state index is 0.0224. The lowest BCUT2D eigenvalue weighted by Gasteiger charge is -2.04. The number of nitro groups is 1. The third kappa shape index (κ3) is 2.97. The first-order chi connectivity index (χ1) is 9.61. The summed E-state index contributed by atoms with van der Waals surface area (Å²) in [5.41, 5.74) is 1.40. The molecule has 0 aliphatic heterocycles. The van der Waals surface area contributed by atoms with Crippen molar-refractivity contribution < 1.29 is 14.5 Å². The quantitative estimate of drug-likeness (QED) is 0.485. The fourth-order valence-corrected chi connectivity index (χ4v) is 1.71. The van der Waals surface area contributed by atoms with Crippen molar-refractivity contribution in [2.45, 2.75) is 6.92 Å². The Kier molecular flexibility index (Phi) is 4.05. The van der Waals surface area contributed by atoms with Crippen LogP contribution in [0, 0.1) is 10.1 Å². The zero-order chi connectivity index (χ0) is 14.5. The largest absolute Gasteiger partial charge is 0.462 e. The molecule has 1 aromatic carbocycles. The first-order valence-corrected chi connectivity index (χ1v) is 6.00. The van der Waals surface area contributed by atoms with E-state index in [-0.39, 0.29) is 12.3 Å². The number of esters is 1. The molecule has 1 heterocycles. The molecule has 0 amide bonds. The number of carbonyl (C=O) groups excluding carboxylic acids is 1. The molecule has 0 bridgehead atoms. The van der Waals surface area contributed by atoms with Gasteiger partial charge in [0.25, 0.3) is 5.69 Å².